The Labute approximate surface area is 141 Å². The van der Waals surface area contributed by atoms with E-state index in [-0.39, 0.29) is 5.69 Å². The minimum atomic E-state index is -0.768. The average molecular weight is 330 g/mol. The van der Waals surface area contributed by atoms with Crippen LogP contribution in [0.2, 0.25) is 0 Å². The van der Waals surface area contributed by atoms with Crippen LogP contribution in [0.5, 0.6) is 5.75 Å². The number of halogens is 1. The zero-order valence-electron chi connectivity index (χ0n) is 14.2. The summed E-state index contributed by atoms with van der Waals surface area (Å²) in [5.74, 6) is 0.0218. The van der Waals surface area contributed by atoms with Crippen molar-refractivity contribution in [3.8, 4) is 5.75 Å². The second-order valence-electron chi connectivity index (χ2n) is 5.84. The maximum absolute atomic E-state index is 13.7. The van der Waals surface area contributed by atoms with Crippen molar-refractivity contribution in [1.29, 1.82) is 0 Å². The van der Waals surface area contributed by atoms with E-state index >= 15 is 0 Å². The molecule has 2 aromatic carbocycles. The summed E-state index contributed by atoms with van der Waals surface area (Å²) >= 11 is 0. The Balaban J connectivity index is 2.11. The molecule has 2 aromatic rings. The van der Waals surface area contributed by atoms with E-state index in [4.69, 9.17) is 10.5 Å². The molecule has 2 atom stereocenters. The van der Waals surface area contributed by atoms with Crippen molar-refractivity contribution in [2.45, 2.75) is 39.2 Å². The van der Waals surface area contributed by atoms with E-state index in [0.717, 1.165) is 12.0 Å². The number of carbonyl (C=O) groups excluding carboxylic acids is 1. The molecule has 0 saturated heterocycles. The standard InChI is InChI=1S/C19H23FN2O2/c1-4-12(2)15-7-5-6-8-18(15)24-13(3)19(23)22-17-11-14(21)9-10-16(17)20/h5-13H,4,21H2,1-3H3,(H,22,23)/t12-,13+/m1/s1. The van der Waals surface area contributed by atoms with E-state index in [1.807, 2.05) is 24.3 Å². The van der Waals surface area contributed by atoms with Crippen LogP contribution in [0.15, 0.2) is 42.5 Å². The third-order valence-electron chi connectivity index (χ3n) is 3.98. The Bertz CT molecular complexity index is 718. The molecular weight excluding hydrogens is 307 g/mol. The number of nitrogen functional groups attached to an aromatic ring is 1. The number of nitrogens with one attached hydrogen (secondary N) is 1. The van der Waals surface area contributed by atoms with Gasteiger partial charge in [-0.3, -0.25) is 4.79 Å². The number of ether oxygens (including phenoxy) is 1. The maximum Gasteiger partial charge on any atom is 0.265 e. The summed E-state index contributed by atoms with van der Waals surface area (Å²) in [5, 5.41) is 2.51. The van der Waals surface area contributed by atoms with E-state index in [2.05, 4.69) is 19.2 Å². The molecule has 0 aliphatic rings. The molecule has 0 radical (unpaired) electrons. The van der Waals surface area contributed by atoms with Crippen LogP contribution >= 0.6 is 0 Å². The van der Waals surface area contributed by atoms with Crippen LogP contribution in [-0.4, -0.2) is 12.0 Å². The van der Waals surface area contributed by atoms with Crippen LogP contribution in [0.4, 0.5) is 15.8 Å². The highest BCUT2D eigenvalue weighted by atomic mass is 19.1. The monoisotopic (exact) mass is 330 g/mol. The van der Waals surface area contributed by atoms with Gasteiger partial charge in [0.1, 0.15) is 11.6 Å². The van der Waals surface area contributed by atoms with Gasteiger partial charge in [0.25, 0.3) is 5.91 Å². The van der Waals surface area contributed by atoms with Gasteiger partial charge in [-0.25, -0.2) is 4.39 Å². The largest absolute Gasteiger partial charge is 0.481 e. The molecule has 0 aromatic heterocycles. The fourth-order valence-electron chi connectivity index (χ4n) is 2.33. The predicted octanol–water partition coefficient (Wildman–Crippen LogP) is 4.33. The molecular formula is C19H23FN2O2. The SMILES string of the molecule is CC[C@@H](C)c1ccccc1O[C@@H](C)C(=O)Nc1cc(N)ccc1F. The van der Waals surface area contributed by atoms with Gasteiger partial charge in [0, 0.05) is 5.69 Å². The highest BCUT2D eigenvalue weighted by Crippen LogP contribution is 2.29. The van der Waals surface area contributed by atoms with Crippen LogP contribution in [0.3, 0.4) is 0 Å². The third kappa shape index (κ3) is 4.25. The van der Waals surface area contributed by atoms with Gasteiger partial charge in [-0.2, -0.15) is 0 Å². The quantitative estimate of drug-likeness (QED) is 0.775. The summed E-state index contributed by atoms with van der Waals surface area (Å²) in [5.41, 5.74) is 7.10. The highest BCUT2D eigenvalue weighted by molar-refractivity contribution is 5.94. The Morgan fingerprint density at radius 2 is 1.96 bits per heavy atom. The van der Waals surface area contributed by atoms with Crippen molar-refractivity contribution in [2.24, 2.45) is 0 Å². The molecule has 0 saturated carbocycles. The van der Waals surface area contributed by atoms with Crippen LogP contribution in [0.1, 0.15) is 38.7 Å². The van der Waals surface area contributed by atoms with Crippen LogP contribution < -0.4 is 15.8 Å². The predicted molar refractivity (Wildman–Crippen MR) is 94.7 cm³/mol. The Hall–Kier alpha value is -2.56. The first-order valence-corrected chi connectivity index (χ1v) is 8.03. The number of amides is 1. The van der Waals surface area contributed by atoms with Crippen molar-refractivity contribution in [1.82, 2.24) is 0 Å². The van der Waals surface area contributed by atoms with Gasteiger partial charge >= 0.3 is 0 Å². The fourth-order valence-corrected chi connectivity index (χ4v) is 2.33. The zero-order chi connectivity index (χ0) is 17.7. The average Bonchev–Trinajstić information content (AvgIpc) is 2.57. The van der Waals surface area contributed by atoms with E-state index in [1.54, 1.807) is 6.92 Å². The zero-order valence-corrected chi connectivity index (χ0v) is 14.2. The lowest BCUT2D eigenvalue weighted by Crippen LogP contribution is -2.30. The van der Waals surface area contributed by atoms with Gasteiger partial charge in [-0.05, 0) is 49.1 Å². The molecule has 0 aliphatic heterocycles. The lowest BCUT2D eigenvalue weighted by molar-refractivity contribution is -0.122. The fraction of sp³-hybridized carbons (Fsp3) is 0.316. The number of para-hydroxylation sites is 1. The molecule has 0 bridgehead atoms. The Kier molecular flexibility index (Phi) is 5.79. The van der Waals surface area contributed by atoms with Crippen LogP contribution in [0.25, 0.3) is 0 Å². The normalized spacial score (nSPS) is 13.2. The van der Waals surface area contributed by atoms with Crippen molar-refractivity contribution in [3.05, 3.63) is 53.8 Å². The summed E-state index contributed by atoms with van der Waals surface area (Å²) < 4.78 is 19.5. The van der Waals surface area contributed by atoms with Gasteiger partial charge in [0.05, 0.1) is 5.69 Å². The van der Waals surface area contributed by atoms with Gasteiger partial charge in [0.2, 0.25) is 0 Å². The molecule has 0 fully saturated rings. The summed E-state index contributed by atoms with van der Waals surface area (Å²) in [6.45, 7) is 5.84. The van der Waals surface area contributed by atoms with E-state index in [9.17, 15) is 9.18 Å². The Morgan fingerprint density at radius 1 is 1.25 bits per heavy atom. The highest BCUT2D eigenvalue weighted by Gasteiger charge is 2.19. The molecule has 0 spiro atoms. The first-order chi connectivity index (χ1) is 11.4. The van der Waals surface area contributed by atoms with Crippen LogP contribution in [-0.2, 0) is 4.79 Å². The van der Waals surface area contributed by atoms with Crippen molar-refractivity contribution < 1.29 is 13.9 Å². The topological polar surface area (TPSA) is 64.3 Å². The first-order valence-electron chi connectivity index (χ1n) is 8.03. The van der Waals surface area contributed by atoms with Gasteiger partial charge in [0.15, 0.2) is 6.10 Å². The van der Waals surface area contributed by atoms with E-state index in [1.165, 1.54) is 18.2 Å². The van der Waals surface area contributed by atoms with Crippen molar-refractivity contribution in [3.63, 3.8) is 0 Å². The number of hydrogen-bond acceptors (Lipinski definition) is 3. The minimum Gasteiger partial charge on any atom is -0.481 e. The number of hydrogen-bond donors (Lipinski definition) is 2. The molecule has 5 heteroatoms. The van der Waals surface area contributed by atoms with Crippen molar-refractivity contribution >= 4 is 17.3 Å². The molecule has 0 unspecified atom stereocenters. The smallest absolute Gasteiger partial charge is 0.265 e. The molecule has 1 amide bonds. The molecule has 128 valence electrons. The number of rotatable bonds is 6. The molecule has 3 N–H and O–H groups in total. The van der Waals surface area contributed by atoms with Gasteiger partial charge in [-0.1, -0.05) is 32.0 Å². The van der Waals surface area contributed by atoms with Gasteiger partial charge < -0.3 is 15.8 Å². The number of anilines is 2. The summed E-state index contributed by atoms with van der Waals surface area (Å²) in [4.78, 5) is 12.3. The summed E-state index contributed by atoms with van der Waals surface area (Å²) in [6, 6.07) is 11.7. The van der Waals surface area contributed by atoms with Gasteiger partial charge in [-0.15, -0.1) is 0 Å². The Morgan fingerprint density at radius 3 is 2.67 bits per heavy atom. The van der Waals surface area contributed by atoms with E-state index in [0.29, 0.717) is 17.4 Å². The lowest BCUT2D eigenvalue weighted by atomic mass is 9.98. The summed E-state index contributed by atoms with van der Waals surface area (Å²) in [6.07, 6.45) is 0.200. The molecule has 0 heterocycles. The third-order valence-corrected chi connectivity index (χ3v) is 3.98. The second kappa shape index (κ2) is 7.81. The molecule has 2 rings (SSSR count). The number of benzene rings is 2. The second-order valence-corrected chi connectivity index (χ2v) is 5.84. The number of carbonyl (C=O) groups is 1. The minimum absolute atomic E-state index is 0.0469. The maximum atomic E-state index is 13.7. The van der Waals surface area contributed by atoms with E-state index < -0.39 is 17.8 Å². The first kappa shape index (κ1) is 17.8. The molecule has 4 nitrogen and oxygen atoms in total. The van der Waals surface area contributed by atoms with Crippen LogP contribution in [0, 0.1) is 5.82 Å². The lowest BCUT2D eigenvalue weighted by Gasteiger charge is -2.19. The number of nitrogens with two attached hydrogens (primary N) is 1. The summed E-state index contributed by atoms with van der Waals surface area (Å²) in [7, 11) is 0. The molecule has 0 aliphatic carbocycles. The molecule has 24 heavy (non-hydrogen) atoms. The van der Waals surface area contributed by atoms with Crippen molar-refractivity contribution in [2.75, 3.05) is 11.1 Å².